The Morgan fingerprint density at radius 3 is 2.22 bits per heavy atom. The molecule has 0 aromatic heterocycles. The first-order valence-corrected chi connectivity index (χ1v) is 13.6. The van der Waals surface area contributed by atoms with Crippen LogP contribution < -0.4 is 0 Å². The summed E-state index contributed by atoms with van der Waals surface area (Å²) >= 11 is 0. The van der Waals surface area contributed by atoms with Gasteiger partial charge in [0.15, 0.2) is 17.3 Å². The van der Waals surface area contributed by atoms with Crippen LogP contribution in [0.25, 0.3) is 0 Å². The Morgan fingerprint density at radius 1 is 1.15 bits per heavy atom. The molecule has 1 heterocycles. The van der Waals surface area contributed by atoms with Gasteiger partial charge in [0.25, 0.3) is 0 Å². The quantitative estimate of drug-likeness (QED) is 0.164. The van der Waals surface area contributed by atoms with E-state index in [0.717, 1.165) is 6.92 Å². The minimum Gasteiger partial charge on any atom is -0.392 e. The molecule has 0 spiro atoms. The third kappa shape index (κ3) is 5.25. The van der Waals surface area contributed by atoms with Gasteiger partial charge in [-0.15, -0.1) is 4.91 Å². The number of rotatable bonds is 7. The summed E-state index contributed by atoms with van der Waals surface area (Å²) in [5.74, 6) is -3.92. The fourth-order valence-corrected chi connectivity index (χ4v) is 8.08. The first-order valence-electron chi connectivity index (χ1n) is 13.6. The van der Waals surface area contributed by atoms with Crippen molar-refractivity contribution in [2.45, 2.75) is 109 Å². The van der Waals surface area contributed by atoms with Gasteiger partial charge in [0, 0.05) is 119 Å². The molecular formula is C28H41Ac2NO10. The number of aliphatic hydroxyl groups excluding tert-OH is 2. The molecule has 1 aliphatic heterocycles. The predicted molar refractivity (Wildman–Crippen MR) is 137 cm³/mol. The van der Waals surface area contributed by atoms with Gasteiger partial charge in [-0.1, -0.05) is 27.7 Å². The number of ether oxygens (including phenoxy) is 2. The Bertz CT molecular complexity index is 1140. The van der Waals surface area contributed by atoms with Gasteiger partial charge in [0.05, 0.1) is 35.9 Å². The summed E-state index contributed by atoms with van der Waals surface area (Å²) in [5, 5.41) is 49.8. The van der Waals surface area contributed by atoms with Crippen LogP contribution in [0.4, 0.5) is 0 Å². The molecule has 2 saturated carbocycles. The first-order chi connectivity index (χ1) is 17.9. The maximum Gasteiger partial charge on any atom is 0.217 e. The molecule has 4 aliphatic rings. The van der Waals surface area contributed by atoms with Gasteiger partial charge in [-0.3, -0.25) is 14.4 Å². The summed E-state index contributed by atoms with van der Waals surface area (Å²) in [6.07, 6.45) is -4.75. The largest absolute Gasteiger partial charge is 0.392 e. The second-order valence-corrected chi connectivity index (χ2v) is 12.9. The number of fused-ring (bicyclic) bond motifs is 5. The van der Waals surface area contributed by atoms with Gasteiger partial charge < -0.3 is 29.9 Å². The molecule has 0 aromatic rings. The summed E-state index contributed by atoms with van der Waals surface area (Å²) in [6, 6.07) is 0. The van der Waals surface area contributed by atoms with Crippen LogP contribution in [0.5, 0.6) is 0 Å². The van der Waals surface area contributed by atoms with E-state index in [1.54, 1.807) is 27.7 Å². The maximum absolute atomic E-state index is 14.1. The molecule has 4 N–H and O–H groups in total. The SMILES string of the molecule is CCC(=O)C(C)(N=O)C(=O)COC1CC2(O)C(C)C3C4(O)COC4CC(O)C3(C)C(=O)C(O)C(=C1C)C2(C)C.[Ac].[Ac]. The van der Waals surface area contributed by atoms with Crippen LogP contribution in [-0.4, -0.2) is 92.1 Å². The van der Waals surface area contributed by atoms with E-state index in [-0.39, 0.29) is 120 Å². The second-order valence-electron chi connectivity index (χ2n) is 12.9. The third-order valence-electron chi connectivity index (χ3n) is 10.9. The molecule has 0 aromatic carbocycles. The normalized spacial score (nSPS) is 42.5. The molecule has 10 atom stereocenters. The monoisotopic (exact) mass is 1010 g/mol. The number of nitroso groups, excluding NO2 is 1. The second kappa shape index (κ2) is 12.7. The fourth-order valence-electron chi connectivity index (χ4n) is 8.08. The van der Waals surface area contributed by atoms with Crippen molar-refractivity contribution in [2.75, 3.05) is 13.2 Å². The molecule has 41 heavy (non-hydrogen) atoms. The Morgan fingerprint density at radius 2 is 1.73 bits per heavy atom. The number of carbonyl (C=O) groups is 3. The first kappa shape index (κ1) is 38.2. The topological polar surface area (TPSA) is 180 Å². The van der Waals surface area contributed by atoms with Crippen molar-refractivity contribution in [1.29, 1.82) is 0 Å². The van der Waals surface area contributed by atoms with Crippen molar-refractivity contribution in [3.8, 4) is 0 Å². The zero-order valence-electron chi connectivity index (χ0n) is 24.8. The van der Waals surface area contributed by atoms with Gasteiger partial charge >= 0.3 is 0 Å². The molecule has 10 unspecified atom stereocenters. The van der Waals surface area contributed by atoms with Gasteiger partial charge in [-0.25, -0.2) is 0 Å². The Hall–Kier alpha value is 0.993. The van der Waals surface area contributed by atoms with Crippen LogP contribution in [0.3, 0.4) is 0 Å². The molecule has 4 rings (SSSR count). The number of carbonyl (C=O) groups excluding carboxylic acids is 3. The Balaban J connectivity index is 0.00000294. The summed E-state index contributed by atoms with van der Waals surface area (Å²) < 4.78 is 11.5. The minimum absolute atomic E-state index is 0. The summed E-state index contributed by atoms with van der Waals surface area (Å²) in [6.45, 7) is 10.3. The summed E-state index contributed by atoms with van der Waals surface area (Å²) in [5.41, 5.74) is -7.40. The number of nitrogens with zero attached hydrogens (tertiary/aromatic N) is 1. The molecular weight excluding hydrogens is 964 g/mol. The van der Waals surface area contributed by atoms with Crippen LogP contribution in [0, 0.1) is 116 Å². The van der Waals surface area contributed by atoms with Crippen molar-refractivity contribution in [3.63, 3.8) is 0 Å². The number of hydrogen-bond donors (Lipinski definition) is 4. The van der Waals surface area contributed by atoms with Crippen LogP contribution in [-0.2, 0) is 23.9 Å². The predicted octanol–water partition coefficient (Wildman–Crippen LogP) is 1.02. The van der Waals surface area contributed by atoms with Crippen molar-refractivity contribution in [1.82, 2.24) is 0 Å². The minimum atomic E-state index is -2.11. The maximum atomic E-state index is 14.1. The fraction of sp³-hybridized carbons (Fsp3) is 0.821. The van der Waals surface area contributed by atoms with Gasteiger partial charge in [0.1, 0.15) is 18.3 Å². The van der Waals surface area contributed by atoms with E-state index in [1.165, 1.54) is 13.8 Å². The molecule has 1 saturated heterocycles. The Kier molecular flexibility index (Phi) is 11.8. The van der Waals surface area contributed by atoms with Crippen LogP contribution >= 0.6 is 0 Å². The molecule has 0 amide bonds. The third-order valence-corrected chi connectivity index (χ3v) is 10.9. The number of aliphatic hydroxyl groups is 4. The van der Waals surface area contributed by atoms with Gasteiger partial charge in [-0.2, -0.15) is 0 Å². The van der Waals surface area contributed by atoms with Gasteiger partial charge in [-0.05, 0) is 43.0 Å². The van der Waals surface area contributed by atoms with Crippen molar-refractivity contribution >= 4 is 17.3 Å². The summed E-state index contributed by atoms with van der Waals surface area (Å²) in [4.78, 5) is 50.7. The van der Waals surface area contributed by atoms with Crippen molar-refractivity contribution in [3.05, 3.63) is 16.1 Å². The molecule has 224 valence electrons. The number of Topliss-reactive ketones (excluding diaryl/α,β-unsaturated/α-hetero) is 3. The van der Waals surface area contributed by atoms with E-state index in [2.05, 4.69) is 5.18 Å². The smallest absolute Gasteiger partial charge is 0.217 e. The van der Waals surface area contributed by atoms with Crippen molar-refractivity contribution < 1.29 is 132 Å². The van der Waals surface area contributed by atoms with E-state index >= 15 is 0 Å². The zero-order valence-corrected chi connectivity index (χ0v) is 34.3. The van der Waals surface area contributed by atoms with E-state index in [4.69, 9.17) is 9.47 Å². The van der Waals surface area contributed by atoms with Crippen molar-refractivity contribution in [2.24, 2.45) is 27.8 Å². The van der Waals surface area contributed by atoms with E-state index in [1.807, 2.05) is 0 Å². The molecule has 13 heteroatoms. The average Bonchev–Trinajstić information content (AvgIpc) is 2.88. The van der Waals surface area contributed by atoms with E-state index in [0.29, 0.717) is 5.57 Å². The van der Waals surface area contributed by atoms with Crippen LogP contribution in [0.15, 0.2) is 16.3 Å². The molecule has 2 bridgehead atoms. The molecule has 2 radical (unpaired) electrons. The van der Waals surface area contributed by atoms with Crippen LogP contribution in [0.2, 0.25) is 0 Å². The molecule has 11 nitrogen and oxygen atoms in total. The number of hydrogen-bond acceptors (Lipinski definition) is 11. The van der Waals surface area contributed by atoms with Crippen LogP contribution in [0.1, 0.15) is 67.7 Å². The summed E-state index contributed by atoms with van der Waals surface area (Å²) in [7, 11) is 0. The zero-order chi connectivity index (χ0) is 29.5. The molecule has 3 aliphatic carbocycles. The Labute approximate surface area is 312 Å². The molecule has 3 fully saturated rings. The van der Waals surface area contributed by atoms with E-state index in [9.17, 15) is 39.7 Å². The average molecular weight is 1010 g/mol. The van der Waals surface area contributed by atoms with Gasteiger partial charge in [0.2, 0.25) is 5.54 Å². The number of ketones is 3. The van der Waals surface area contributed by atoms with E-state index < -0.39 is 87.8 Å². The standard InChI is InChI=1S/C28H41NO10.2Ac/c1-8-16(30)26(7,29-37)18(32)11-38-15-10-28(36)14(3)22-25(6,17(31)9-19-27(22,35)12-39-19)23(34)21(33)20(13(15)2)24(28,4)5;;/h14-15,17,19,21-22,31,33,35-36H,8-12H2,1-7H3;;.